The minimum atomic E-state index is -1.01. The maximum absolute atomic E-state index is 12.2. The van der Waals surface area contributed by atoms with E-state index in [1.165, 1.54) is 13.1 Å². The van der Waals surface area contributed by atoms with Crippen molar-refractivity contribution in [2.45, 2.75) is 13.0 Å². The van der Waals surface area contributed by atoms with Crippen LogP contribution >= 0.6 is 11.6 Å². The number of benzene rings is 1. The van der Waals surface area contributed by atoms with Gasteiger partial charge >= 0.3 is 5.97 Å². The van der Waals surface area contributed by atoms with Crippen molar-refractivity contribution in [2.75, 3.05) is 5.32 Å². The highest BCUT2D eigenvalue weighted by atomic mass is 35.5. The molecule has 1 amide bonds. The molecule has 0 saturated heterocycles. The lowest BCUT2D eigenvalue weighted by atomic mass is 10.3. The Morgan fingerprint density at radius 3 is 2.75 bits per heavy atom. The van der Waals surface area contributed by atoms with E-state index in [9.17, 15) is 9.59 Å². The van der Waals surface area contributed by atoms with Gasteiger partial charge in [0.25, 0.3) is 5.91 Å². The Morgan fingerprint density at radius 2 is 2.00 bits per heavy atom. The van der Waals surface area contributed by atoms with Gasteiger partial charge in [-0.15, -0.1) is 0 Å². The van der Waals surface area contributed by atoms with Crippen molar-refractivity contribution in [3.8, 4) is 0 Å². The number of fused-ring (bicyclic) bond motifs is 1. The number of aromatic nitrogens is 3. The van der Waals surface area contributed by atoms with Crippen LogP contribution in [0.15, 0.2) is 49.1 Å². The summed E-state index contributed by atoms with van der Waals surface area (Å²) in [6.45, 7) is 1.48. The first-order valence-corrected chi connectivity index (χ1v) is 7.47. The summed E-state index contributed by atoms with van der Waals surface area (Å²) in [5.74, 6) is -1.19. The quantitative estimate of drug-likeness (QED) is 0.735. The molecular formula is C16H13ClN4O3. The first kappa shape index (κ1) is 15.9. The average molecular weight is 345 g/mol. The molecule has 0 radical (unpaired) electrons. The Kier molecular flexibility index (Phi) is 4.43. The molecule has 0 aliphatic heterocycles. The molecule has 3 rings (SSSR count). The summed E-state index contributed by atoms with van der Waals surface area (Å²) >= 11 is 5.86. The zero-order chi connectivity index (χ0) is 17.1. The van der Waals surface area contributed by atoms with E-state index in [1.807, 2.05) is 0 Å². The lowest BCUT2D eigenvalue weighted by Crippen LogP contribution is -2.30. The second-order valence-electron chi connectivity index (χ2n) is 4.98. The molecule has 0 bridgehead atoms. The number of hydrogen-bond acceptors (Lipinski definition) is 5. The number of amides is 1. The molecule has 7 nitrogen and oxygen atoms in total. The number of nitrogens with zero attached hydrogens (tertiary/aromatic N) is 3. The predicted octanol–water partition coefficient (Wildman–Crippen LogP) is 2.57. The van der Waals surface area contributed by atoms with Gasteiger partial charge in [0, 0.05) is 35.5 Å². The molecule has 3 aromatic rings. The fourth-order valence-corrected chi connectivity index (χ4v) is 2.27. The van der Waals surface area contributed by atoms with Crippen LogP contribution in [0.25, 0.3) is 5.65 Å². The van der Waals surface area contributed by atoms with E-state index in [0.29, 0.717) is 16.4 Å². The summed E-state index contributed by atoms with van der Waals surface area (Å²) in [7, 11) is 0. The molecule has 0 aliphatic rings. The number of imidazole rings is 1. The Hall–Kier alpha value is -2.93. The van der Waals surface area contributed by atoms with Gasteiger partial charge in [-0.2, -0.15) is 0 Å². The van der Waals surface area contributed by atoms with Gasteiger partial charge in [-0.05, 0) is 25.1 Å². The van der Waals surface area contributed by atoms with Gasteiger partial charge in [-0.3, -0.25) is 4.79 Å². The van der Waals surface area contributed by atoms with E-state index < -0.39 is 18.0 Å². The summed E-state index contributed by atoms with van der Waals surface area (Å²) in [6, 6.07) is 6.68. The molecular weight excluding hydrogens is 332 g/mol. The van der Waals surface area contributed by atoms with Gasteiger partial charge in [0.2, 0.25) is 0 Å². The highest BCUT2D eigenvalue weighted by molar-refractivity contribution is 6.30. The molecule has 1 atom stereocenters. The van der Waals surface area contributed by atoms with Crippen LogP contribution in [0, 0.1) is 0 Å². The van der Waals surface area contributed by atoms with Crippen LogP contribution in [-0.4, -0.2) is 32.3 Å². The molecule has 24 heavy (non-hydrogen) atoms. The van der Waals surface area contributed by atoms with Crippen molar-refractivity contribution in [1.82, 2.24) is 14.4 Å². The number of anilines is 1. The summed E-state index contributed by atoms with van der Waals surface area (Å²) in [5, 5.41) is 3.12. The Labute approximate surface area is 142 Å². The van der Waals surface area contributed by atoms with Crippen molar-refractivity contribution >= 4 is 34.8 Å². The van der Waals surface area contributed by atoms with Crippen molar-refractivity contribution in [1.29, 1.82) is 0 Å². The van der Waals surface area contributed by atoms with Crippen molar-refractivity contribution in [2.24, 2.45) is 0 Å². The van der Waals surface area contributed by atoms with E-state index >= 15 is 0 Å². The molecule has 1 N–H and O–H groups in total. The Balaban J connectivity index is 1.69. The topological polar surface area (TPSA) is 85.6 Å². The SMILES string of the molecule is C[C@H](OC(=O)c1nccn2ccnc12)C(=O)Nc1cccc(Cl)c1. The molecule has 8 heteroatoms. The Bertz CT molecular complexity index is 909. The molecule has 1 aromatic carbocycles. The lowest BCUT2D eigenvalue weighted by Gasteiger charge is -2.13. The van der Waals surface area contributed by atoms with E-state index in [1.54, 1.807) is 47.3 Å². The van der Waals surface area contributed by atoms with Gasteiger partial charge in [-0.1, -0.05) is 17.7 Å². The standard InChI is InChI=1S/C16H13ClN4O3/c1-10(15(22)20-12-4-2-3-11(17)9-12)24-16(23)13-14-19-6-8-21(14)7-5-18-13/h2-10H,1H3,(H,20,22)/t10-/m0/s1. The van der Waals surface area contributed by atoms with Crippen LogP contribution in [-0.2, 0) is 9.53 Å². The molecule has 122 valence electrons. The summed E-state index contributed by atoms with van der Waals surface area (Å²) in [6.07, 6.45) is 5.34. The number of carbonyl (C=O) groups is 2. The first-order valence-electron chi connectivity index (χ1n) is 7.09. The van der Waals surface area contributed by atoms with Gasteiger partial charge in [0.15, 0.2) is 17.4 Å². The third-order valence-electron chi connectivity index (χ3n) is 3.25. The number of carbonyl (C=O) groups excluding carboxylic acids is 2. The second-order valence-corrected chi connectivity index (χ2v) is 5.42. The summed E-state index contributed by atoms with van der Waals surface area (Å²) < 4.78 is 6.82. The number of ether oxygens (including phenoxy) is 1. The third kappa shape index (κ3) is 3.36. The van der Waals surface area contributed by atoms with E-state index in [-0.39, 0.29) is 5.69 Å². The second kappa shape index (κ2) is 6.67. The molecule has 0 fully saturated rings. The van der Waals surface area contributed by atoms with Gasteiger partial charge in [0.1, 0.15) is 0 Å². The largest absolute Gasteiger partial charge is 0.448 e. The summed E-state index contributed by atoms with van der Waals surface area (Å²) in [5.41, 5.74) is 0.929. The Morgan fingerprint density at radius 1 is 1.25 bits per heavy atom. The minimum absolute atomic E-state index is 0.0462. The molecule has 0 spiro atoms. The number of rotatable bonds is 4. The fraction of sp³-hybridized carbons (Fsp3) is 0.125. The number of esters is 1. The van der Waals surface area contributed by atoms with Crippen LogP contribution in [0.2, 0.25) is 5.02 Å². The van der Waals surface area contributed by atoms with Crippen molar-refractivity contribution in [3.05, 3.63) is 59.8 Å². The van der Waals surface area contributed by atoms with Crippen LogP contribution < -0.4 is 5.32 Å². The number of nitrogens with one attached hydrogen (secondary N) is 1. The predicted molar refractivity (Wildman–Crippen MR) is 87.9 cm³/mol. The smallest absolute Gasteiger partial charge is 0.361 e. The van der Waals surface area contributed by atoms with Crippen molar-refractivity contribution < 1.29 is 14.3 Å². The lowest BCUT2D eigenvalue weighted by molar-refractivity contribution is -0.123. The maximum Gasteiger partial charge on any atom is 0.361 e. The zero-order valence-corrected chi connectivity index (χ0v) is 13.4. The monoisotopic (exact) mass is 344 g/mol. The molecule has 0 unspecified atom stereocenters. The minimum Gasteiger partial charge on any atom is -0.448 e. The first-order chi connectivity index (χ1) is 11.5. The normalized spacial score (nSPS) is 11.9. The molecule has 0 saturated carbocycles. The molecule has 2 aromatic heterocycles. The third-order valence-corrected chi connectivity index (χ3v) is 3.49. The zero-order valence-electron chi connectivity index (χ0n) is 12.6. The van der Waals surface area contributed by atoms with E-state index in [2.05, 4.69) is 15.3 Å². The fourth-order valence-electron chi connectivity index (χ4n) is 2.08. The average Bonchev–Trinajstić information content (AvgIpc) is 3.03. The van der Waals surface area contributed by atoms with Crippen LogP contribution in [0.5, 0.6) is 0 Å². The number of hydrogen-bond donors (Lipinski definition) is 1. The van der Waals surface area contributed by atoms with Gasteiger partial charge in [-0.25, -0.2) is 14.8 Å². The summed E-state index contributed by atoms with van der Waals surface area (Å²) in [4.78, 5) is 32.4. The highest BCUT2D eigenvalue weighted by Gasteiger charge is 2.22. The van der Waals surface area contributed by atoms with Crippen LogP contribution in [0.1, 0.15) is 17.4 Å². The van der Waals surface area contributed by atoms with Gasteiger partial charge in [0.05, 0.1) is 0 Å². The molecule has 2 heterocycles. The molecule has 0 aliphatic carbocycles. The van der Waals surface area contributed by atoms with E-state index in [0.717, 1.165) is 0 Å². The van der Waals surface area contributed by atoms with Crippen LogP contribution in [0.3, 0.4) is 0 Å². The highest BCUT2D eigenvalue weighted by Crippen LogP contribution is 2.15. The number of halogens is 1. The van der Waals surface area contributed by atoms with Gasteiger partial charge < -0.3 is 14.5 Å². The maximum atomic E-state index is 12.2. The van der Waals surface area contributed by atoms with Crippen LogP contribution in [0.4, 0.5) is 5.69 Å². The van der Waals surface area contributed by atoms with E-state index in [4.69, 9.17) is 16.3 Å². The van der Waals surface area contributed by atoms with Crippen molar-refractivity contribution in [3.63, 3.8) is 0 Å².